The lowest BCUT2D eigenvalue weighted by molar-refractivity contribution is 1.89. The molecule has 0 N–H and O–H groups in total. The highest BCUT2D eigenvalue weighted by Crippen LogP contribution is 1.90. The van der Waals surface area contributed by atoms with Crippen LogP contribution in [0.25, 0.3) is 0 Å². The second-order valence-corrected chi connectivity index (χ2v) is 1.52. The summed E-state index contributed by atoms with van der Waals surface area (Å²) in [5.74, 6) is 0. The van der Waals surface area contributed by atoms with Gasteiger partial charge in [0.25, 0.3) is 0 Å². The minimum atomic E-state index is 0.662. The van der Waals surface area contributed by atoms with Crippen LogP contribution in [-0.4, -0.2) is 7.85 Å². The van der Waals surface area contributed by atoms with Gasteiger partial charge >= 0.3 is 0 Å². The van der Waals surface area contributed by atoms with Crippen LogP contribution in [0.1, 0.15) is 0 Å². The Morgan fingerprint density at radius 2 is 2.25 bits per heavy atom. The molecule has 0 aromatic carbocycles. The van der Waals surface area contributed by atoms with E-state index in [9.17, 15) is 0 Å². The summed E-state index contributed by atoms with van der Waals surface area (Å²) in [6, 6.07) is 0. The van der Waals surface area contributed by atoms with E-state index in [0.717, 1.165) is 0 Å². The molecule has 0 heterocycles. The average Bonchev–Trinajstić information content (AvgIpc) is 1.68. The first-order valence-corrected chi connectivity index (χ1v) is 2.72. The summed E-state index contributed by atoms with van der Waals surface area (Å²) in [7, 11) is 5.35. The quantitative estimate of drug-likeness (QED) is 0.321. The van der Waals surface area contributed by atoms with Crippen LogP contribution in [-0.2, 0) is 0 Å². The summed E-state index contributed by atoms with van der Waals surface area (Å²) in [4.78, 5) is 0. The van der Waals surface area contributed by atoms with Crippen LogP contribution < -0.4 is 0 Å². The van der Waals surface area contributed by atoms with E-state index < -0.39 is 0 Å². The Balaban J connectivity index is 3.79. The van der Waals surface area contributed by atoms with Crippen molar-refractivity contribution in [3.05, 3.63) is 35.7 Å². The predicted molar refractivity (Wildman–Crippen MR) is 42.2 cm³/mol. The van der Waals surface area contributed by atoms with Crippen molar-refractivity contribution in [2.24, 2.45) is 0 Å². The van der Waals surface area contributed by atoms with E-state index in [1.807, 2.05) is 0 Å². The molecular formula is C6H7BS. The van der Waals surface area contributed by atoms with Gasteiger partial charge in [0.1, 0.15) is 7.85 Å². The molecule has 0 fully saturated rings. The number of allylic oxidation sites excluding steroid dienone is 4. The second-order valence-electron chi connectivity index (χ2n) is 1.22. The van der Waals surface area contributed by atoms with Gasteiger partial charge in [-0.15, -0.1) is 0 Å². The summed E-state index contributed by atoms with van der Waals surface area (Å²) in [6.07, 6.45) is 5.01. The van der Waals surface area contributed by atoms with E-state index in [2.05, 4.69) is 19.2 Å². The Bertz CT molecular complexity index is 124. The standard InChI is InChI=1S/C6H7BS/c1-2-3-6(7)4-5-8/h2-5,8H,1H2/b5-4+,6-3+. The van der Waals surface area contributed by atoms with Crippen LogP contribution in [0.15, 0.2) is 35.7 Å². The molecule has 0 saturated heterocycles. The number of thiol groups is 1. The molecule has 0 spiro atoms. The molecule has 0 atom stereocenters. The first kappa shape index (κ1) is 7.63. The van der Waals surface area contributed by atoms with Crippen molar-refractivity contribution in [2.75, 3.05) is 0 Å². The Morgan fingerprint density at radius 1 is 1.62 bits per heavy atom. The molecule has 0 unspecified atom stereocenters. The lowest BCUT2D eigenvalue weighted by Crippen LogP contribution is -1.69. The third kappa shape index (κ3) is 3.81. The molecule has 0 bridgehead atoms. The molecule has 0 aliphatic heterocycles. The first-order valence-electron chi connectivity index (χ1n) is 2.20. The monoisotopic (exact) mass is 122 g/mol. The lowest BCUT2D eigenvalue weighted by Gasteiger charge is -1.82. The molecule has 0 aliphatic carbocycles. The fraction of sp³-hybridized carbons (Fsp3) is 0. The third-order valence-electron chi connectivity index (χ3n) is 0.577. The maximum absolute atomic E-state index is 5.35. The lowest BCUT2D eigenvalue weighted by atomic mass is 9.96. The summed E-state index contributed by atoms with van der Waals surface area (Å²) >= 11 is 3.82. The molecule has 40 valence electrons. The van der Waals surface area contributed by atoms with Crippen molar-refractivity contribution in [3.63, 3.8) is 0 Å². The highest BCUT2D eigenvalue weighted by Gasteiger charge is 1.72. The summed E-state index contributed by atoms with van der Waals surface area (Å²) < 4.78 is 0. The molecule has 8 heavy (non-hydrogen) atoms. The maximum Gasteiger partial charge on any atom is 0.113 e. The molecule has 0 saturated carbocycles. The molecule has 0 aromatic rings. The van der Waals surface area contributed by atoms with E-state index in [4.69, 9.17) is 7.85 Å². The van der Waals surface area contributed by atoms with Crippen molar-refractivity contribution in [1.82, 2.24) is 0 Å². The van der Waals surface area contributed by atoms with Crippen LogP contribution in [0.3, 0.4) is 0 Å². The molecule has 2 radical (unpaired) electrons. The van der Waals surface area contributed by atoms with Crippen molar-refractivity contribution in [1.29, 1.82) is 0 Å². The van der Waals surface area contributed by atoms with E-state index in [1.165, 1.54) is 0 Å². The van der Waals surface area contributed by atoms with Crippen molar-refractivity contribution in [3.8, 4) is 0 Å². The zero-order valence-electron chi connectivity index (χ0n) is 4.54. The van der Waals surface area contributed by atoms with Crippen molar-refractivity contribution in [2.45, 2.75) is 0 Å². The first-order chi connectivity index (χ1) is 3.81. The fourth-order valence-corrected chi connectivity index (χ4v) is 0.450. The molecule has 0 amide bonds. The minimum absolute atomic E-state index is 0.662. The fourth-order valence-electron chi connectivity index (χ4n) is 0.278. The van der Waals surface area contributed by atoms with Gasteiger partial charge < -0.3 is 0 Å². The third-order valence-corrected chi connectivity index (χ3v) is 0.726. The molecular weight excluding hydrogens is 115 g/mol. The van der Waals surface area contributed by atoms with Gasteiger partial charge in [-0.3, -0.25) is 0 Å². The van der Waals surface area contributed by atoms with Crippen LogP contribution in [0.2, 0.25) is 0 Å². The smallest absolute Gasteiger partial charge is 0.113 e. The molecule has 0 rings (SSSR count). The van der Waals surface area contributed by atoms with Crippen molar-refractivity contribution >= 4 is 20.5 Å². The van der Waals surface area contributed by atoms with Gasteiger partial charge in [0, 0.05) is 0 Å². The number of rotatable bonds is 2. The second kappa shape index (κ2) is 4.79. The average molecular weight is 122 g/mol. The Morgan fingerprint density at radius 3 is 2.62 bits per heavy atom. The van der Waals surface area contributed by atoms with E-state index >= 15 is 0 Å². The van der Waals surface area contributed by atoms with E-state index in [0.29, 0.717) is 5.47 Å². The SMILES string of the molecule is [B]C(=C/C=C)/C=C/S. The van der Waals surface area contributed by atoms with E-state index in [-0.39, 0.29) is 0 Å². The summed E-state index contributed by atoms with van der Waals surface area (Å²) in [5.41, 5.74) is 0.662. The zero-order valence-corrected chi connectivity index (χ0v) is 5.44. The summed E-state index contributed by atoms with van der Waals surface area (Å²) in [6.45, 7) is 3.47. The van der Waals surface area contributed by atoms with Gasteiger partial charge in [-0.05, 0) is 5.41 Å². The van der Waals surface area contributed by atoms with Gasteiger partial charge in [-0.2, -0.15) is 12.6 Å². The highest BCUT2D eigenvalue weighted by atomic mass is 32.1. The molecule has 2 heteroatoms. The van der Waals surface area contributed by atoms with Gasteiger partial charge in [0.2, 0.25) is 0 Å². The summed E-state index contributed by atoms with van der Waals surface area (Å²) in [5, 5.41) is 1.58. The van der Waals surface area contributed by atoms with Crippen LogP contribution >= 0.6 is 12.6 Å². The van der Waals surface area contributed by atoms with Gasteiger partial charge in [0.05, 0.1) is 0 Å². The van der Waals surface area contributed by atoms with Crippen LogP contribution in [0, 0.1) is 0 Å². The largest absolute Gasteiger partial charge is 0.151 e. The van der Waals surface area contributed by atoms with Gasteiger partial charge in [-0.1, -0.05) is 30.3 Å². The Labute approximate surface area is 56.8 Å². The van der Waals surface area contributed by atoms with Crippen LogP contribution in [0.4, 0.5) is 0 Å². The topological polar surface area (TPSA) is 0 Å². The Hall–Kier alpha value is -0.365. The Kier molecular flexibility index (Phi) is 4.57. The van der Waals surface area contributed by atoms with Crippen LogP contribution in [0.5, 0.6) is 0 Å². The minimum Gasteiger partial charge on any atom is -0.151 e. The van der Waals surface area contributed by atoms with E-state index in [1.54, 1.807) is 23.6 Å². The van der Waals surface area contributed by atoms with Gasteiger partial charge in [-0.25, -0.2) is 0 Å². The molecule has 0 aromatic heterocycles. The van der Waals surface area contributed by atoms with Crippen molar-refractivity contribution < 1.29 is 0 Å². The normalized spacial score (nSPS) is 12.4. The molecule has 0 nitrogen and oxygen atoms in total. The zero-order chi connectivity index (χ0) is 6.41. The number of hydrogen-bond acceptors (Lipinski definition) is 1. The maximum atomic E-state index is 5.35. The molecule has 0 aliphatic rings. The highest BCUT2D eigenvalue weighted by molar-refractivity contribution is 7.83. The number of hydrogen-bond donors (Lipinski definition) is 1. The van der Waals surface area contributed by atoms with Gasteiger partial charge in [0.15, 0.2) is 0 Å². The predicted octanol–water partition coefficient (Wildman–Crippen LogP) is 1.67.